The predicted molar refractivity (Wildman–Crippen MR) is 173 cm³/mol. The van der Waals surface area contributed by atoms with Gasteiger partial charge in [0.15, 0.2) is 6.10 Å². The Kier molecular flexibility index (Phi) is 27.1. The van der Waals surface area contributed by atoms with Crippen LogP contribution in [0.3, 0.4) is 0 Å². The Bertz CT molecular complexity index is 893. The van der Waals surface area contributed by atoms with Gasteiger partial charge < -0.3 is 29.5 Å². The first-order valence-electron chi connectivity index (χ1n) is 16.1. The summed E-state index contributed by atoms with van der Waals surface area (Å²) in [6.07, 6.45) is 25.1. The Morgan fingerprint density at radius 1 is 0.682 bits per heavy atom. The number of carbonyl (C=O) groups is 2. The predicted octanol–water partition coefficient (Wildman–Crippen LogP) is 6.78. The van der Waals surface area contributed by atoms with E-state index in [4.69, 9.17) is 19.3 Å². The van der Waals surface area contributed by atoms with Gasteiger partial charge in [-0.3, -0.25) is 14.1 Å². The molecule has 0 aromatic carbocycles. The lowest BCUT2D eigenvalue weighted by Crippen LogP contribution is -2.29. The Morgan fingerprint density at radius 3 is 1.80 bits per heavy atom. The number of unbranched alkanes of at least 4 members (excludes halogenated alkanes) is 8. The van der Waals surface area contributed by atoms with Crippen molar-refractivity contribution in [2.45, 2.75) is 135 Å². The van der Waals surface area contributed by atoms with Crippen molar-refractivity contribution in [2.24, 2.45) is 0 Å². The van der Waals surface area contributed by atoms with Gasteiger partial charge in [0, 0.05) is 12.8 Å². The van der Waals surface area contributed by atoms with E-state index in [9.17, 15) is 24.4 Å². The molecule has 0 aliphatic carbocycles. The van der Waals surface area contributed by atoms with E-state index in [1.807, 2.05) is 30.4 Å². The van der Waals surface area contributed by atoms with Gasteiger partial charge in [-0.2, -0.15) is 0 Å². The number of aliphatic hydroxyl groups is 2. The van der Waals surface area contributed by atoms with Gasteiger partial charge in [0.2, 0.25) is 0 Å². The van der Waals surface area contributed by atoms with Crippen LogP contribution in [0.15, 0.2) is 48.6 Å². The van der Waals surface area contributed by atoms with Crippen LogP contribution in [-0.2, 0) is 28.2 Å². The smallest absolute Gasteiger partial charge is 0.462 e. The lowest BCUT2D eigenvalue weighted by Gasteiger charge is -2.18. The minimum atomic E-state index is -4.80. The molecule has 0 rings (SSSR count). The highest BCUT2D eigenvalue weighted by atomic mass is 31.2. The van der Waals surface area contributed by atoms with E-state index in [1.54, 1.807) is 18.2 Å². The maximum atomic E-state index is 12.3. The number of aliphatic hydroxyl groups excluding tert-OH is 2. The Labute approximate surface area is 264 Å². The maximum Gasteiger partial charge on any atom is 0.469 e. The van der Waals surface area contributed by atoms with Gasteiger partial charge in [-0.05, 0) is 32.1 Å². The Balaban J connectivity index is 4.33. The van der Waals surface area contributed by atoms with Gasteiger partial charge in [0.1, 0.15) is 6.61 Å². The minimum absolute atomic E-state index is 0.0370. The van der Waals surface area contributed by atoms with Crippen molar-refractivity contribution < 1.29 is 48.2 Å². The van der Waals surface area contributed by atoms with Crippen molar-refractivity contribution in [2.75, 3.05) is 13.2 Å². The van der Waals surface area contributed by atoms with Gasteiger partial charge in [-0.25, -0.2) is 4.57 Å². The molecule has 0 aromatic rings. The largest absolute Gasteiger partial charge is 0.469 e. The van der Waals surface area contributed by atoms with Crippen molar-refractivity contribution in [1.29, 1.82) is 0 Å². The number of phosphoric ester groups is 1. The van der Waals surface area contributed by atoms with Gasteiger partial charge in [-0.1, -0.05) is 120 Å². The molecule has 3 atom stereocenters. The minimum Gasteiger partial charge on any atom is -0.462 e. The van der Waals surface area contributed by atoms with E-state index in [-0.39, 0.29) is 19.4 Å². The molecule has 0 amide bonds. The molecule has 11 heteroatoms. The standard InChI is InChI=1S/C33H57O10P/c1-3-5-7-8-10-15-19-25-32(36)41-27-31(28-42-44(38,39)40)43-33(37)26-20-24-30(35)23-18-14-12-9-11-13-17-22-29(34)21-16-6-4-2/h11-14,17-18,22-23,29-31,34-35H,3-10,15-16,19-21,24-28H2,1-2H3,(H2,38,39,40)/b13-11-,14-12-,22-17+,23-18+/t29-,30-,31-/m1/s1. The molecule has 0 saturated carbocycles. The summed E-state index contributed by atoms with van der Waals surface area (Å²) in [5.74, 6) is -1.13. The van der Waals surface area contributed by atoms with Crippen LogP contribution in [0.2, 0.25) is 0 Å². The molecule has 254 valence electrons. The summed E-state index contributed by atoms with van der Waals surface area (Å²) in [6, 6.07) is 0. The fraction of sp³-hybridized carbons (Fsp3) is 0.697. The zero-order valence-corrected chi connectivity index (χ0v) is 27.7. The summed E-state index contributed by atoms with van der Waals surface area (Å²) in [7, 11) is -4.80. The van der Waals surface area contributed by atoms with Gasteiger partial charge >= 0.3 is 19.8 Å². The number of hydrogen-bond donors (Lipinski definition) is 4. The Morgan fingerprint density at radius 2 is 1.20 bits per heavy atom. The summed E-state index contributed by atoms with van der Waals surface area (Å²) < 4.78 is 25.9. The molecule has 0 heterocycles. The average Bonchev–Trinajstić information content (AvgIpc) is 2.96. The van der Waals surface area contributed by atoms with Crippen molar-refractivity contribution in [3.63, 3.8) is 0 Å². The number of carbonyl (C=O) groups excluding carboxylic acids is 2. The van der Waals surface area contributed by atoms with E-state index in [1.165, 1.54) is 19.3 Å². The molecule has 0 aromatic heterocycles. The van der Waals surface area contributed by atoms with Crippen LogP contribution >= 0.6 is 7.82 Å². The van der Waals surface area contributed by atoms with Gasteiger partial charge in [0.05, 0.1) is 18.8 Å². The van der Waals surface area contributed by atoms with Crippen molar-refractivity contribution >= 4 is 19.8 Å². The third-order valence-electron chi connectivity index (χ3n) is 6.56. The quantitative estimate of drug-likeness (QED) is 0.0309. The zero-order valence-electron chi connectivity index (χ0n) is 26.8. The van der Waals surface area contributed by atoms with Gasteiger partial charge in [0.25, 0.3) is 0 Å². The second-order valence-electron chi connectivity index (χ2n) is 10.8. The van der Waals surface area contributed by atoms with Crippen LogP contribution < -0.4 is 0 Å². The number of hydrogen-bond acceptors (Lipinski definition) is 8. The highest BCUT2D eigenvalue weighted by Crippen LogP contribution is 2.35. The summed E-state index contributed by atoms with van der Waals surface area (Å²) in [5, 5.41) is 20.0. The fourth-order valence-corrected chi connectivity index (χ4v) is 4.42. The highest BCUT2D eigenvalue weighted by Gasteiger charge is 2.23. The molecule has 0 spiro atoms. The maximum absolute atomic E-state index is 12.3. The van der Waals surface area contributed by atoms with E-state index < -0.39 is 44.7 Å². The lowest BCUT2D eigenvalue weighted by atomic mass is 10.1. The van der Waals surface area contributed by atoms with E-state index in [0.29, 0.717) is 25.7 Å². The molecule has 0 radical (unpaired) electrons. The van der Waals surface area contributed by atoms with Crippen LogP contribution in [0.1, 0.15) is 117 Å². The monoisotopic (exact) mass is 644 g/mol. The van der Waals surface area contributed by atoms with Crippen LogP contribution in [0, 0.1) is 0 Å². The van der Waals surface area contributed by atoms with Crippen molar-refractivity contribution in [1.82, 2.24) is 0 Å². The van der Waals surface area contributed by atoms with Gasteiger partial charge in [-0.15, -0.1) is 0 Å². The average molecular weight is 645 g/mol. The second kappa shape index (κ2) is 28.4. The fourth-order valence-electron chi connectivity index (χ4n) is 4.05. The highest BCUT2D eigenvalue weighted by molar-refractivity contribution is 7.46. The number of ether oxygens (including phenoxy) is 2. The van der Waals surface area contributed by atoms with Crippen LogP contribution in [0.4, 0.5) is 0 Å². The first-order chi connectivity index (χ1) is 21.1. The molecular formula is C33H57O10P. The van der Waals surface area contributed by atoms with Crippen molar-refractivity contribution in [3.05, 3.63) is 48.6 Å². The second-order valence-corrected chi connectivity index (χ2v) is 12.1. The SMILES string of the molecule is CCCCCCCCCC(=O)OC[C@H](COP(=O)(O)O)OC(=O)CCC[C@H](O)/C=C/C=C\C/C=C\C=C\[C@H](O)CCCCC. The molecule has 10 nitrogen and oxygen atoms in total. The normalized spacial score (nSPS) is 14.6. The summed E-state index contributed by atoms with van der Waals surface area (Å²) in [5.41, 5.74) is 0. The molecule has 0 bridgehead atoms. The first-order valence-corrected chi connectivity index (χ1v) is 17.7. The van der Waals surface area contributed by atoms with E-state index in [0.717, 1.165) is 44.9 Å². The van der Waals surface area contributed by atoms with Crippen LogP contribution in [0.5, 0.6) is 0 Å². The van der Waals surface area contributed by atoms with Crippen molar-refractivity contribution in [3.8, 4) is 0 Å². The van der Waals surface area contributed by atoms with E-state index >= 15 is 0 Å². The molecule has 44 heavy (non-hydrogen) atoms. The molecule has 4 N–H and O–H groups in total. The molecule has 0 unspecified atom stereocenters. The topological polar surface area (TPSA) is 160 Å². The molecule has 0 fully saturated rings. The van der Waals surface area contributed by atoms with Crippen LogP contribution in [0.25, 0.3) is 0 Å². The summed E-state index contributed by atoms with van der Waals surface area (Å²) in [4.78, 5) is 42.3. The summed E-state index contributed by atoms with van der Waals surface area (Å²) >= 11 is 0. The molecule has 0 aliphatic heterocycles. The Hall–Kier alpha value is -2.07. The molecule has 0 aliphatic rings. The number of esters is 2. The lowest BCUT2D eigenvalue weighted by molar-refractivity contribution is -0.161. The third kappa shape index (κ3) is 30.0. The third-order valence-corrected chi connectivity index (χ3v) is 7.04. The zero-order chi connectivity index (χ0) is 32.9. The molecule has 0 saturated heterocycles. The first kappa shape index (κ1) is 41.9. The van der Waals surface area contributed by atoms with E-state index in [2.05, 4.69) is 18.4 Å². The number of rotatable bonds is 28. The molecular weight excluding hydrogens is 587 g/mol. The number of phosphoric acid groups is 1. The van der Waals surface area contributed by atoms with Crippen LogP contribution in [-0.4, -0.2) is 63.5 Å². The summed E-state index contributed by atoms with van der Waals surface area (Å²) in [6.45, 7) is 3.29. The number of allylic oxidation sites excluding steroid dienone is 6.